The Hall–Kier alpha value is -1.37. The number of rotatable bonds is 5. The van der Waals surface area contributed by atoms with Gasteiger partial charge >= 0.3 is 0 Å². The zero-order valence-electron chi connectivity index (χ0n) is 13.2. The first kappa shape index (κ1) is 16.5. The molecule has 2 aliphatic heterocycles. The summed E-state index contributed by atoms with van der Waals surface area (Å²) >= 11 is 6.69. The van der Waals surface area contributed by atoms with Gasteiger partial charge in [0.05, 0.1) is 4.91 Å². The summed E-state index contributed by atoms with van der Waals surface area (Å²) in [4.78, 5) is 14.8. The first-order chi connectivity index (χ1) is 11.1. The summed E-state index contributed by atoms with van der Waals surface area (Å²) in [6, 6.07) is 6.05. The SMILES string of the molecule is COCCCN1C(=O)/C(=C/c2ccc3c(c2)CC(C)O3)SC1=S. The number of methoxy groups -OCH3 is 1. The van der Waals surface area contributed by atoms with E-state index < -0.39 is 0 Å². The molecule has 0 aliphatic carbocycles. The third-order valence-electron chi connectivity index (χ3n) is 3.82. The lowest BCUT2D eigenvalue weighted by atomic mass is 10.1. The maximum Gasteiger partial charge on any atom is 0.266 e. The molecule has 1 amide bonds. The van der Waals surface area contributed by atoms with Crippen molar-refractivity contribution in [1.82, 2.24) is 4.90 Å². The van der Waals surface area contributed by atoms with Gasteiger partial charge in [0.1, 0.15) is 16.2 Å². The second-order valence-corrected chi connectivity index (χ2v) is 7.36. The number of benzene rings is 1. The quantitative estimate of drug-likeness (QED) is 0.463. The van der Waals surface area contributed by atoms with Crippen LogP contribution in [0, 0.1) is 0 Å². The Balaban J connectivity index is 1.74. The molecule has 0 radical (unpaired) electrons. The van der Waals surface area contributed by atoms with Crippen LogP contribution in [0.15, 0.2) is 23.1 Å². The van der Waals surface area contributed by atoms with Gasteiger partial charge in [-0.2, -0.15) is 0 Å². The van der Waals surface area contributed by atoms with Crippen LogP contribution in [-0.4, -0.2) is 41.5 Å². The van der Waals surface area contributed by atoms with Crippen molar-refractivity contribution in [2.24, 2.45) is 0 Å². The summed E-state index contributed by atoms with van der Waals surface area (Å²) in [6.07, 6.45) is 3.83. The summed E-state index contributed by atoms with van der Waals surface area (Å²) in [5.74, 6) is 0.933. The topological polar surface area (TPSA) is 38.8 Å². The van der Waals surface area contributed by atoms with Crippen LogP contribution >= 0.6 is 24.0 Å². The second kappa shape index (κ2) is 7.03. The Morgan fingerprint density at radius 1 is 1.52 bits per heavy atom. The number of hydrogen-bond acceptors (Lipinski definition) is 5. The molecule has 0 bridgehead atoms. The van der Waals surface area contributed by atoms with Gasteiger partial charge in [0.25, 0.3) is 5.91 Å². The summed E-state index contributed by atoms with van der Waals surface area (Å²) in [6.45, 7) is 3.29. The van der Waals surface area contributed by atoms with Crippen LogP contribution in [0.2, 0.25) is 0 Å². The Kier molecular flexibility index (Phi) is 5.04. The van der Waals surface area contributed by atoms with E-state index >= 15 is 0 Å². The molecule has 3 rings (SSSR count). The number of carbonyl (C=O) groups is 1. The molecule has 2 aliphatic rings. The molecule has 1 aromatic carbocycles. The highest BCUT2D eigenvalue weighted by atomic mass is 32.2. The molecule has 1 atom stereocenters. The van der Waals surface area contributed by atoms with Crippen LogP contribution in [0.5, 0.6) is 5.75 Å². The fourth-order valence-corrected chi connectivity index (χ4v) is 4.05. The van der Waals surface area contributed by atoms with E-state index in [0.717, 1.165) is 24.2 Å². The number of carbonyl (C=O) groups excluding carboxylic acids is 1. The lowest BCUT2D eigenvalue weighted by Crippen LogP contribution is -2.29. The van der Waals surface area contributed by atoms with Gasteiger partial charge in [-0.05, 0) is 42.7 Å². The van der Waals surface area contributed by atoms with E-state index in [1.165, 1.54) is 17.3 Å². The predicted molar refractivity (Wildman–Crippen MR) is 96.6 cm³/mol. The number of amides is 1. The van der Waals surface area contributed by atoms with Crippen LogP contribution in [-0.2, 0) is 16.0 Å². The molecule has 0 saturated carbocycles. The van der Waals surface area contributed by atoms with E-state index in [0.29, 0.717) is 22.4 Å². The first-order valence-electron chi connectivity index (χ1n) is 7.62. The maximum absolute atomic E-state index is 12.5. The minimum Gasteiger partial charge on any atom is -0.490 e. The molecule has 2 heterocycles. The van der Waals surface area contributed by atoms with Crippen LogP contribution in [0.4, 0.5) is 0 Å². The Morgan fingerprint density at radius 2 is 2.35 bits per heavy atom. The molecule has 0 aromatic heterocycles. The van der Waals surface area contributed by atoms with Crippen molar-refractivity contribution < 1.29 is 14.3 Å². The highest BCUT2D eigenvalue weighted by Gasteiger charge is 2.31. The standard InChI is InChI=1S/C17H19NO3S2/c1-11-8-13-9-12(4-5-14(13)21-11)10-15-16(19)18(17(22)23-15)6-3-7-20-2/h4-5,9-11H,3,6-8H2,1-2H3/b15-10-. The fourth-order valence-electron chi connectivity index (χ4n) is 2.74. The number of thiocarbonyl (C=S) groups is 1. The van der Waals surface area contributed by atoms with E-state index in [4.69, 9.17) is 21.7 Å². The summed E-state index contributed by atoms with van der Waals surface area (Å²) in [7, 11) is 1.66. The van der Waals surface area contributed by atoms with Gasteiger partial charge in [-0.25, -0.2) is 0 Å². The average Bonchev–Trinajstić information content (AvgIpc) is 3.00. The fraction of sp³-hybridized carbons (Fsp3) is 0.412. The molecule has 6 heteroatoms. The van der Waals surface area contributed by atoms with Crippen molar-refractivity contribution in [1.29, 1.82) is 0 Å². The number of ether oxygens (including phenoxy) is 2. The van der Waals surface area contributed by atoms with Crippen molar-refractivity contribution in [2.75, 3.05) is 20.3 Å². The van der Waals surface area contributed by atoms with Gasteiger partial charge in [-0.3, -0.25) is 9.69 Å². The summed E-state index contributed by atoms with van der Waals surface area (Å²) in [5, 5.41) is 0. The van der Waals surface area contributed by atoms with E-state index in [1.54, 1.807) is 12.0 Å². The summed E-state index contributed by atoms with van der Waals surface area (Å²) in [5.41, 5.74) is 2.21. The molecule has 4 nitrogen and oxygen atoms in total. The highest BCUT2D eigenvalue weighted by molar-refractivity contribution is 8.26. The molecular formula is C17H19NO3S2. The maximum atomic E-state index is 12.5. The molecule has 1 unspecified atom stereocenters. The molecule has 0 N–H and O–H groups in total. The first-order valence-corrected chi connectivity index (χ1v) is 8.85. The Morgan fingerprint density at radius 3 is 3.13 bits per heavy atom. The number of hydrogen-bond donors (Lipinski definition) is 0. The number of thioether (sulfide) groups is 1. The monoisotopic (exact) mass is 349 g/mol. The smallest absolute Gasteiger partial charge is 0.266 e. The van der Waals surface area contributed by atoms with Gasteiger partial charge in [0, 0.05) is 26.7 Å². The third kappa shape index (κ3) is 3.59. The second-order valence-electron chi connectivity index (χ2n) is 5.68. The van der Waals surface area contributed by atoms with Crippen molar-refractivity contribution in [2.45, 2.75) is 25.9 Å². The predicted octanol–water partition coefficient (Wildman–Crippen LogP) is 3.25. The van der Waals surface area contributed by atoms with E-state index in [1.807, 2.05) is 18.2 Å². The largest absolute Gasteiger partial charge is 0.490 e. The van der Waals surface area contributed by atoms with E-state index in [9.17, 15) is 4.79 Å². The zero-order chi connectivity index (χ0) is 16.4. The third-order valence-corrected chi connectivity index (χ3v) is 5.20. The van der Waals surface area contributed by atoms with Crippen LogP contribution < -0.4 is 4.74 Å². The molecule has 1 saturated heterocycles. The molecule has 1 fully saturated rings. The zero-order valence-corrected chi connectivity index (χ0v) is 14.8. The van der Waals surface area contributed by atoms with Crippen molar-refractivity contribution in [3.63, 3.8) is 0 Å². The van der Waals surface area contributed by atoms with Crippen molar-refractivity contribution in [3.8, 4) is 5.75 Å². The summed E-state index contributed by atoms with van der Waals surface area (Å²) < 4.78 is 11.4. The lowest BCUT2D eigenvalue weighted by Gasteiger charge is -2.13. The van der Waals surface area contributed by atoms with Gasteiger partial charge in [0.15, 0.2) is 0 Å². The molecule has 1 aromatic rings. The molecular weight excluding hydrogens is 330 g/mol. The van der Waals surface area contributed by atoms with Crippen molar-refractivity contribution in [3.05, 3.63) is 34.2 Å². The highest BCUT2D eigenvalue weighted by Crippen LogP contribution is 2.34. The van der Waals surface area contributed by atoms with Crippen LogP contribution in [0.1, 0.15) is 24.5 Å². The minimum absolute atomic E-state index is 0.0128. The van der Waals surface area contributed by atoms with Gasteiger partial charge < -0.3 is 9.47 Å². The van der Waals surface area contributed by atoms with Gasteiger partial charge in [-0.1, -0.05) is 30.0 Å². The molecule has 122 valence electrons. The molecule has 0 spiro atoms. The molecule has 23 heavy (non-hydrogen) atoms. The van der Waals surface area contributed by atoms with Gasteiger partial charge in [0.2, 0.25) is 0 Å². The van der Waals surface area contributed by atoms with E-state index in [2.05, 4.69) is 13.0 Å². The number of nitrogens with zero attached hydrogens (tertiary/aromatic N) is 1. The van der Waals surface area contributed by atoms with E-state index in [-0.39, 0.29) is 12.0 Å². The van der Waals surface area contributed by atoms with Crippen LogP contribution in [0.25, 0.3) is 6.08 Å². The Bertz CT molecular complexity index is 672. The Labute approximate surface area is 145 Å². The number of fused-ring (bicyclic) bond motifs is 1. The minimum atomic E-state index is -0.0128. The van der Waals surface area contributed by atoms with Crippen LogP contribution in [0.3, 0.4) is 0 Å². The van der Waals surface area contributed by atoms with Gasteiger partial charge in [-0.15, -0.1) is 0 Å². The van der Waals surface area contributed by atoms with Crippen molar-refractivity contribution >= 4 is 40.3 Å². The average molecular weight is 349 g/mol. The lowest BCUT2D eigenvalue weighted by molar-refractivity contribution is -0.122. The normalized spacial score (nSPS) is 21.9.